The van der Waals surface area contributed by atoms with E-state index >= 15 is 0 Å². The molecule has 0 aromatic rings. The molecule has 2 unspecified atom stereocenters. The van der Waals surface area contributed by atoms with Crippen molar-refractivity contribution < 1.29 is 9.53 Å². The van der Waals surface area contributed by atoms with E-state index in [4.69, 9.17) is 4.74 Å². The molecule has 0 aliphatic carbocycles. The molecule has 1 saturated heterocycles. The van der Waals surface area contributed by atoms with E-state index in [9.17, 15) is 4.79 Å². The number of Topliss-reactive ketones (excluding diaryl/α,β-unsaturated/α-hetero) is 1. The Labute approximate surface area is 105 Å². The summed E-state index contributed by atoms with van der Waals surface area (Å²) in [5, 5.41) is 0. The topological polar surface area (TPSA) is 32.8 Å². The summed E-state index contributed by atoms with van der Waals surface area (Å²) in [6.45, 7) is 8.51. The summed E-state index contributed by atoms with van der Waals surface area (Å²) in [5.74, 6) is 0.577. The molecule has 1 aliphatic rings. The van der Waals surface area contributed by atoms with E-state index in [0.29, 0.717) is 18.2 Å². The Morgan fingerprint density at radius 1 is 1.35 bits per heavy atom. The van der Waals surface area contributed by atoms with Crippen LogP contribution in [0.4, 0.5) is 0 Å². The standard InChI is InChI=1S/C13H26N2O2/c1-11-12(2)15(6-5-13(11)16)8-10-17-9-7-14(3)4/h11-12H,5-10H2,1-4H3. The number of hydrogen-bond donors (Lipinski definition) is 0. The number of hydrogen-bond acceptors (Lipinski definition) is 4. The molecule has 1 rings (SSSR count). The van der Waals surface area contributed by atoms with Gasteiger partial charge in [-0.1, -0.05) is 6.92 Å². The number of likely N-dealkylation sites (N-methyl/N-ethyl adjacent to an activating group) is 1. The molecule has 1 fully saturated rings. The van der Waals surface area contributed by atoms with Crippen LogP contribution in [0.5, 0.6) is 0 Å². The Hall–Kier alpha value is -0.450. The molecule has 0 bridgehead atoms. The fourth-order valence-corrected chi connectivity index (χ4v) is 2.12. The van der Waals surface area contributed by atoms with Gasteiger partial charge < -0.3 is 9.64 Å². The zero-order valence-electron chi connectivity index (χ0n) is 11.6. The molecule has 0 N–H and O–H groups in total. The summed E-state index contributed by atoms with van der Waals surface area (Å²) in [7, 11) is 4.09. The van der Waals surface area contributed by atoms with Crippen molar-refractivity contribution in [3.05, 3.63) is 0 Å². The van der Waals surface area contributed by atoms with Gasteiger partial charge in [-0.05, 0) is 21.0 Å². The molecular formula is C13H26N2O2. The summed E-state index contributed by atoms with van der Waals surface area (Å²) < 4.78 is 5.59. The number of rotatable bonds is 6. The maximum absolute atomic E-state index is 11.5. The molecular weight excluding hydrogens is 216 g/mol. The van der Waals surface area contributed by atoms with Crippen LogP contribution in [-0.4, -0.2) is 68.6 Å². The Balaban J connectivity index is 2.17. The van der Waals surface area contributed by atoms with Crippen molar-refractivity contribution in [2.45, 2.75) is 26.3 Å². The maximum atomic E-state index is 11.5. The number of ether oxygens (including phenoxy) is 1. The zero-order chi connectivity index (χ0) is 12.8. The first-order chi connectivity index (χ1) is 8.02. The molecule has 100 valence electrons. The largest absolute Gasteiger partial charge is 0.379 e. The van der Waals surface area contributed by atoms with Gasteiger partial charge in [0.25, 0.3) is 0 Å². The lowest BCUT2D eigenvalue weighted by Crippen LogP contribution is -2.48. The summed E-state index contributed by atoms with van der Waals surface area (Å²) in [4.78, 5) is 16.0. The summed E-state index contributed by atoms with van der Waals surface area (Å²) in [6, 6.07) is 0.355. The van der Waals surface area contributed by atoms with Gasteiger partial charge in [-0.3, -0.25) is 9.69 Å². The highest BCUT2D eigenvalue weighted by Gasteiger charge is 2.30. The number of nitrogens with zero attached hydrogens (tertiary/aromatic N) is 2. The zero-order valence-corrected chi connectivity index (χ0v) is 11.6. The van der Waals surface area contributed by atoms with Gasteiger partial charge in [0.1, 0.15) is 5.78 Å². The van der Waals surface area contributed by atoms with Crippen LogP contribution < -0.4 is 0 Å². The van der Waals surface area contributed by atoms with E-state index < -0.39 is 0 Å². The van der Waals surface area contributed by atoms with Crippen molar-refractivity contribution in [2.75, 3.05) is 46.9 Å². The van der Waals surface area contributed by atoms with Crippen molar-refractivity contribution >= 4 is 5.78 Å². The average molecular weight is 242 g/mol. The van der Waals surface area contributed by atoms with Gasteiger partial charge in [0, 0.05) is 38.0 Å². The summed E-state index contributed by atoms with van der Waals surface area (Å²) in [5.41, 5.74) is 0. The van der Waals surface area contributed by atoms with E-state index in [1.165, 1.54) is 0 Å². The van der Waals surface area contributed by atoms with Gasteiger partial charge in [-0.2, -0.15) is 0 Å². The lowest BCUT2D eigenvalue weighted by atomic mass is 9.91. The highest BCUT2D eigenvalue weighted by atomic mass is 16.5. The van der Waals surface area contributed by atoms with Gasteiger partial charge in [0.2, 0.25) is 0 Å². The van der Waals surface area contributed by atoms with Crippen molar-refractivity contribution in [1.29, 1.82) is 0 Å². The maximum Gasteiger partial charge on any atom is 0.138 e. The molecule has 4 nitrogen and oxygen atoms in total. The fraction of sp³-hybridized carbons (Fsp3) is 0.923. The number of piperidine rings is 1. The number of likely N-dealkylation sites (tertiary alicyclic amines) is 1. The van der Waals surface area contributed by atoms with Crippen molar-refractivity contribution in [1.82, 2.24) is 9.80 Å². The first kappa shape index (κ1) is 14.6. The number of carbonyl (C=O) groups is 1. The molecule has 1 heterocycles. The Kier molecular flexibility index (Phi) is 6.09. The van der Waals surface area contributed by atoms with Crippen LogP contribution in [-0.2, 0) is 9.53 Å². The normalized spacial score (nSPS) is 26.8. The second kappa shape index (κ2) is 7.09. The highest BCUT2D eigenvalue weighted by molar-refractivity contribution is 5.82. The molecule has 0 radical (unpaired) electrons. The van der Waals surface area contributed by atoms with Gasteiger partial charge in [0.05, 0.1) is 13.2 Å². The van der Waals surface area contributed by atoms with Crippen LogP contribution in [0.1, 0.15) is 20.3 Å². The first-order valence-electron chi connectivity index (χ1n) is 6.51. The Morgan fingerprint density at radius 3 is 2.71 bits per heavy atom. The van der Waals surface area contributed by atoms with Crippen LogP contribution in [0, 0.1) is 5.92 Å². The van der Waals surface area contributed by atoms with Crippen LogP contribution in [0.25, 0.3) is 0 Å². The van der Waals surface area contributed by atoms with E-state index in [1.54, 1.807) is 0 Å². The molecule has 0 saturated carbocycles. The van der Waals surface area contributed by atoms with Gasteiger partial charge in [-0.25, -0.2) is 0 Å². The lowest BCUT2D eigenvalue weighted by molar-refractivity contribution is -0.128. The Morgan fingerprint density at radius 2 is 2.06 bits per heavy atom. The summed E-state index contributed by atoms with van der Waals surface area (Å²) in [6.07, 6.45) is 0.698. The van der Waals surface area contributed by atoms with E-state index in [2.05, 4.69) is 16.7 Å². The number of carbonyl (C=O) groups excluding carboxylic acids is 1. The molecule has 1 aliphatic heterocycles. The SMILES string of the molecule is CC1C(=O)CCN(CCOCCN(C)C)C1C. The van der Waals surface area contributed by atoms with E-state index in [1.807, 2.05) is 21.0 Å². The van der Waals surface area contributed by atoms with Gasteiger partial charge in [-0.15, -0.1) is 0 Å². The predicted molar refractivity (Wildman–Crippen MR) is 69.2 cm³/mol. The van der Waals surface area contributed by atoms with Crippen molar-refractivity contribution in [2.24, 2.45) is 5.92 Å². The second-order valence-electron chi connectivity index (χ2n) is 5.20. The number of ketones is 1. The average Bonchev–Trinajstić information content (AvgIpc) is 2.28. The van der Waals surface area contributed by atoms with Crippen molar-refractivity contribution in [3.63, 3.8) is 0 Å². The molecule has 0 aromatic carbocycles. The predicted octanol–water partition coefficient (Wildman–Crippen LogP) is 0.864. The van der Waals surface area contributed by atoms with Gasteiger partial charge >= 0.3 is 0 Å². The van der Waals surface area contributed by atoms with Gasteiger partial charge in [0.15, 0.2) is 0 Å². The monoisotopic (exact) mass is 242 g/mol. The molecule has 0 spiro atoms. The third-order valence-electron chi connectivity index (χ3n) is 3.66. The minimum Gasteiger partial charge on any atom is -0.379 e. The minimum absolute atomic E-state index is 0.172. The van der Waals surface area contributed by atoms with Crippen LogP contribution in [0.2, 0.25) is 0 Å². The van der Waals surface area contributed by atoms with Crippen LogP contribution >= 0.6 is 0 Å². The molecule has 0 amide bonds. The molecule has 0 aromatic heterocycles. The third-order valence-corrected chi connectivity index (χ3v) is 3.66. The lowest BCUT2D eigenvalue weighted by Gasteiger charge is -2.36. The molecule has 17 heavy (non-hydrogen) atoms. The highest BCUT2D eigenvalue weighted by Crippen LogP contribution is 2.19. The van der Waals surface area contributed by atoms with E-state index in [-0.39, 0.29) is 5.92 Å². The second-order valence-corrected chi connectivity index (χ2v) is 5.20. The van der Waals surface area contributed by atoms with E-state index in [0.717, 1.165) is 32.8 Å². The first-order valence-corrected chi connectivity index (χ1v) is 6.51. The molecule has 2 atom stereocenters. The summed E-state index contributed by atoms with van der Waals surface area (Å²) >= 11 is 0. The van der Waals surface area contributed by atoms with Crippen LogP contribution in [0.15, 0.2) is 0 Å². The quantitative estimate of drug-likeness (QED) is 0.647. The van der Waals surface area contributed by atoms with Crippen molar-refractivity contribution in [3.8, 4) is 0 Å². The van der Waals surface area contributed by atoms with Crippen LogP contribution in [0.3, 0.4) is 0 Å². The third kappa shape index (κ3) is 4.74. The smallest absolute Gasteiger partial charge is 0.138 e. The minimum atomic E-state index is 0.172. The molecule has 4 heteroatoms. The Bertz CT molecular complexity index is 244. The fourth-order valence-electron chi connectivity index (χ4n) is 2.12.